The molecule has 0 spiro atoms. The smallest absolute Gasteiger partial charge is 0.337 e. The van der Waals surface area contributed by atoms with Crippen molar-refractivity contribution < 1.29 is 28.7 Å². The van der Waals surface area contributed by atoms with Gasteiger partial charge >= 0.3 is 11.9 Å². The van der Waals surface area contributed by atoms with Crippen LogP contribution in [-0.2, 0) is 19.1 Å². The number of H-pyrrole nitrogens is 1. The number of methoxy groups -OCH3 is 2. The zero-order valence-corrected chi connectivity index (χ0v) is 20.2. The third kappa shape index (κ3) is 5.07. The summed E-state index contributed by atoms with van der Waals surface area (Å²) in [6.07, 6.45) is 1.64. The number of nitrogens with one attached hydrogen (secondary N) is 3. The van der Waals surface area contributed by atoms with Gasteiger partial charge < -0.3 is 25.0 Å². The molecule has 190 valence electrons. The lowest BCUT2D eigenvalue weighted by atomic mass is 9.92. The number of aromatic amines is 1. The molecule has 4 rings (SSSR count). The maximum Gasteiger partial charge on any atom is 0.337 e. The fraction of sp³-hybridized carbons (Fsp3) is 0.417. The number of hydrogen-bond acceptors (Lipinski definition) is 9. The average molecular weight is 498 g/mol. The molecular weight excluding hydrogens is 470 g/mol. The van der Waals surface area contributed by atoms with Crippen molar-refractivity contribution in [1.82, 2.24) is 9.97 Å². The quantitative estimate of drug-likeness (QED) is 0.522. The van der Waals surface area contributed by atoms with E-state index in [0.29, 0.717) is 11.9 Å². The minimum Gasteiger partial charge on any atom is -0.465 e. The first-order chi connectivity index (χ1) is 17.2. The summed E-state index contributed by atoms with van der Waals surface area (Å²) in [5.74, 6) is -2.74. The van der Waals surface area contributed by atoms with Crippen LogP contribution < -0.4 is 21.1 Å². The van der Waals surface area contributed by atoms with E-state index in [9.17, 15) is 24.0 Å². The lowest BCUT2D eigenvalue weighted by Crippen LogP contribution is -2.39. The van der Waals surface area contributed by atoms with Crippen molar-refractivity contribution in [2.24, 2.45) is 5.92 Å². The van der Waals surface area contributed by atoms with Crippen molar-refractivity contribution in [3.8, 4) is 0 Å². The molecule has 1 atom stereocenters. The van der Waals surface area contributed by atoms with Crippen LogP contribution in [0.3, 0.4) is 0 Å². The van der Waals surface area contributed by atoms with E-state index in [-0.39, 0.29) is 34.6 Å². The van der Waals surface area contributed by atoms with Crippen LogP contribution in [0.1, 0.15) is 58.4 Å². The maximum atomic E-state index is 13.2. The third-order valence-corrected chi connectivity index (χ3v) is 6.38. The van der Waals surface area contributed by atoms with Gasteiger partial charge in [-0.25, -0.2) is 9.59 Å². The molecule has 12 nitrogen and oxygen atoms in total. The number of fused-ring (bicyclic) bond motifs is 1. The first-order valence-electron chi connectivity index (χ1n) is 11.5. The molecule has 2 aliphatic heterocycles. The molecule has 2 aromatic rings. The first-order valence-corrected chi connectivity index (χ1v) is 11.5. The second-order valence-electron chi connectivity index (χ2n) is 8.90. The summed E-state index contributed by atoms with van der Waals surface area (Å²) in [6.45, 7) is 3.61. The summed E-state index contributed by atoms with van der Waals surface area (Å²) in [5.41, 5.74) is -0.361. The highest BCUT2D eigenvalue weighted by atomic mass is 16.5. The standard InChI is InChI=1S/C24H27N5O7/c1-12-4-6-29(7-5-12)24-27-19-18(21(32)28-24)16(11-17(30)26-19)20(31)25-15-9-13(22(33)35-2)8-14(10-15)23(34)36-3/h8-10,12,16H,4-7,11H2,1-3H3,(H,25,31)(H2,26,27,28,30,32). The number of aromatic nitrogens is 2. The average Bonchev–Trinajstić information content (AvgIpc) is 2.87. The summed E-state index contributed by atoms with van der Waals surface area (Å²) in [7, 11) is 2.36. The van der Waals surface area contributed by atoms with Crippen LogP contribution in [0, 0.1) is 5.92 Å². The van der Waals surface area contributed by atoms with E-state index in [4.69, 9.17) is 9.47 Å². The van der Waals surface area contributed by atoms with Gasteiger partial charge in [0.2, 0.25) is 17.8 Å². The Labute approximate surface area is 206 Å². The highest BCUT2D eigenvalue weighted by molar-refractivity contribution is 6.05. The fourth-order valence-electron chi connectivity index (χ4n) is 4.35. The summed E-state index contributed by atoms with van der Waals surface area (Å²) in [6, 6.07) is 3.92. The Hall–Kier alpha value is -4.22. The number of nitrogens with zero attached hydrogens (tertiary/aromatic N) is 2. The largest absolute Gasteiger partial charge is 0.465 e. The van der Waals surface area contributed by atoms with Gasteiger partial charge in [0.25, 0.3) is 5.56 Å². The molecule has 1 saturated heterocycles. The van der Waals surface area contributed by atoms with Crippen molar-refractivity contribution in [3.05, 3.63) is 45.2 Å². The van der Waals surface area contributed by atoms with E-state index in [1.807, 2.05) is 4.90 Å². The Morgan fingerprint density at radius 3 is 2.22 bits per heavy atom. The van der Waals surface area contributed by atoms with Crippen molar-refractivity contribution in [1.29, 1.82) is 0 Å². The zero-order valence-electron chi connectivity index (χ0n) is 20.2. The minimum atomic E-state index is -1.14. The van der Waals surface area contributed by atoms with Gasteiger partial charge in [-0.3, -0.25) is 19.4 Å². The molecule has 2 amide bonds. The van der Waals surface area contributed by atoms with Gasteiger partial charge in [0.05, 0.1) is 36.8 Å². The van der Waals surface area contributed by atoms with Crippen LogP contribution >= 0.6 is 0 Å². The Bertz CT molecular complexity index is 1250. The van der Waals surface area contributed by atoms with Crippen molar-refractivity contribution >= 4 is 41.2 Å². The Balaban J connectivity index is 1.65. The molecule has 36 heavy (non-hydrogen) atoms. The van der Waals surface area contributed by atoms with Gasteiger partial charge in [-0.1, -0.05) is 6.92 Å². The first kappa shape index (κ1) is 24.9. The van der Waals surface area contributed by atoms with E-state index < -0.39 is 35.2 Å². The number of hydrogen-bond donors (Lipinski definition) is 3. The van der Waals surface area contributed by atoms with E-state index >= 15 is 0 Å². The highest BCUT2D eigenvalue weighted by Gasteiger charge is 2.35. The normalized spacial score (nSPS) is 17.6. The molecule has 1 aromatic carbocycles. The molecule has 0 aliphatic carbocycles. The second-order valence-corrected chi connectivity index (χ2v) is 8.90. The molecule has 3 N–H and O–H groups in total. The number of amides is 2. The number of piperidine rings is 1. The lowest BCUT2D eigenvalue weighted by molar-refractivity contribution is -0.123. The minimum absolute atomic E-state index is 0.0116. The summed E-state index contributed by atoms with van der Waals surface area (Å²) >= 11 is 0. The molecule has 1 aromatic heterocycles. The van der Waals surface area contributed by atoms with Crippen LogP contribution in [-0.4, -0.2) is 61.0 Å². The molecule has 3 heterocycles. The van der Waals surface area contributed by atoms with Crippen molar-refractivity contribution in [2.75, 3.05) is 42.8 Å². The SMILES string of the molecule is COC(=O)c1cc(NC(=O)C2CC(=O)Nc3nc(N4CCC(C)CC4)[nH]c(=O)c32)cc(C(=O)OC)c1. The van der Waals surface area contributed by atoms with Crippen LogP contribution in [0.2, 0.25) is 0 Å². The fourth-order valence-corrected chi connectivity index (χ4v) is 4.35. The number of carbonyl (C=O) groups excluding carboxylic acids is 4. The van der Waals surface area contributed by atoms with Gasteiger partial charge in [-0.2, -0.15) is 4.98 Å². The van der Waals surface area contributed by atoms with Gasteiger partial charge in [0.15, 0.2) is 0 Å². The summed E-state index contributed by atoms with van der Waals surface area (Å²) in [4.78, 5) is 72.0. The van der Waals surface area contributed by atoms with Gasteiger partial charge in [-0.05, 0) is 37.0 Å². The number of rotatable bonds is 5. The molecule has 0 saturated carbocycles. The maximum absolute atomic E-state index is 13.2. The zero-order chi connectivity index (χ0) is 26.0. The van der Waals surface area contributed by atoms with Gasteiger partial charge in [0.1, 0.15) is 5.82 Å². The number of carbonyl (C=O) groups is 4. The van der Waals surface area contributed by atoms with Crippen molar-refractivity contribution in [3.63, 3.8) is 0 Å². The van der Waals surface area contributed by atoms with Crippen LogP contribution in [0.25, 0.3) is 0 Å². The second kappa shape index (κ2) is 10.2. The van der Waals surface area contributed by atoms with E-state index in [2.05, 4.69) is 27.5 Å². The Morgan fingerprint density at radius 2 is 1.64 bits per heavy atom. The predicted molar refractivity (Wildman–Crippen MR) is 129 cm³/mol. The van der Waals surface area contributed by atoms with Gasteiger partial charge in [-0.15, -0.1) is 0 Å². The van der Waals surface area contributed by atoms with E-state index in [1.165, 1.54) is 32.4 Å². The molecule has 0 radical (unpaired) electrons. The van der Waals surface area contributed by atoms with Crippen LogP contribution in [0.4, 0.5) is 17.5 Å². The number of anilines is 3. The predicted octanol–water partition coefficient (Wildman–Crippen LogP) is 1.64. The van der Waals surface area contributed by atoms with Crippen LogP contribution in [0.15, 0.2) is 23.0 Å². The van der Waals surface area contributed by atoms with Crippen molar-refractivity contribution in [2.45, 2.75) is 32.1 Å². The monoisotopic (exact) mass is 497 g/mol. The molecule has 1 fully saturated rings. The Morgan fingerprint density at radius 1 is 1.03 bits per heavy atom. The van der Waals surface area contributed by atoms with Gasteiger partial charge in [0, 0.05) is 25.2 Å². The molecular formula is C24H27N5O7. The molecule has 12 heteroatoms. The van der Waals surface area contributed by atoms with E-state index in [1.54, 1.807) is 0 Å². The third-order valence-electron chi connectivity index (χ3n) is 6.38. The molecule has 0 bridgehead atoms. The number of benzene rings is 1. The topological polar surface area (TPSA) is 160 Å². The highest BCUT2D eigenvalue weighted by Crippen LogP contribution is 2.31. The lowest BCUT2D eigenvalue weighted by Gasteiger charge is -2.31. The van der Waals surface area contributed by atoms with E-state index in [0.717, 1.165) is 25.9 Å². The van der Waals surface area contributed by atoms with Crippen LogP contribution in [0.5, 0.6) is 0 Å². The molecule has 1 unspecified atom stereocenters. The number of esters is 2. The summed E-state index contributed by atoms with van der Waals surface area (Å²) < 4.78 is 9.42. The number of ether oxygens (including phenoxy) is 2. The summed E-state index contributed by atoms with van der Waals surface area (Å²) in [5, 5.41) is 5.20. The molecule has 2 aliphatic rings. The Kier molecular flexibility index (Phi) is 7.04.